The monoisotopic (exact) mass is 441 g/mol. The van der Waals surface area contributed by atoms with Crippen molar-refractivity contribution in [3.63, 3.8) is 0 Å². The molecule has 0 saturated carbocycles. The van der Waals surface area contributed by atoms with Gasteiger partial charge in [-0.1, -0.05) is 15.9 Å². The van der Waals surface area contributed by atoms with Gasteiger partial charge in [-0.15, -0.1) is 0 Å². The van der Waals surface area contributed by atoms with Crippen LogP contribution in [0.1, 0.15) is 15.9 Å². The second kappa shape index (κ2) is 7.84. The Morgan fingerprint density at radius 1 is 1.09 bits per heavy atom. The normalized spacial score (nSPS) is 10.3. The van der Waals surface area contributed by atoms with E-state index >= 15 is 0 Å². The molecule has 4 nitrogen and oxygen atoms in total. The maximum absolute atomic E-state index is 12.7. The van der Waals surface area contributed by atoms with Gasteiger partial charge in [-0.2, -0.15) is 0 Å². The summed E-state index contributed by atoms with van der Waals surface area (Å²) in [6.07, 6.45) is 0. The minimum atomic E-state index is -0.0993. The molecule has 122 valence electrons. The van der Waals surface area contributed by atoms with Crippen molar-refractivity contribution >= 4 is 37.8 Å². The smallest absolute Gasteiger partial charge is 0.255 e. The highest BCUT2D eigenvalue weighted by molar-refractivity contribution is 9.10. The molecule has 1 amide bonds. The van der Waals surface area contributed by atoms with Gasteiger partial charge in [0.1, 0.15) is 11.5 Å². The Bertz CT molecular complexity index is 719. The molecule has 0 spiro atoms. The minimum Gasteiger partial charge on any atom is -0.497 e. The molecule has 0 unspecified atom stereocenters. The zero-order chi connectivity index (χ0) is 17.0. The van der Waals surface area contributed by atoms with E-state index in [4.69, 9.17) is 9.47 Å². The molecule has 0 aliphatic rings. The van der Waals surface area contributed by atoms with Crippen molar-refractivity contribution in [2.24, 2.45) is 0 Å². The van der Waals surface area contributed by atoms with Crippen LogP contribution in [-0.4, -0.2) is 32.1 Å². The van der Waals surface area contributed by atoms with Gasteiger partial charge in [0.05, 0.1) is 19.8 Å². The lowest BCUT2D eigenvalue weighted by molar-refractivity contribution is 0.0783. The molecule has 0 aromatic heterocycles. The van der Waals surface area contributed by atoms with E-state index in [1.54, 1.807) is 44.4 Å². The lowest BCUT2D eigenvalue weighted by Gasteiger charge is -2.20. The average molecular weight is 443 g/mol. The van der Waals surface area contributed by atoms with Crippen molar-refractivity contribution in [3.05, 3.63) is 56.5 Å². The van der Waals surface area contributed by atoms with Gasteiger partial charge < -0.3 is 14.4 Å². The number of halogens is 2. The first-order chi connectivity index (χ1) is 11.0. The van der Waals surface area contributed by atoms with E-state index in [9.17, 15) is 4.79 Å². The standard InChI is InChI=1S/C17H17Br2NO3/c1-20(10-11-8-12(18)4-7-16(11)23-3)17(21)14-9-13(22-2)5-6-15(14)19/h4-9H,10H2,1-3H3. The zero-order valence-corrected chi connectivity index (χ0v) is 16.3. The van der Waals surface area contributed by atoms with Gasteiger partial charge in [-0.25, -0.2) is 0 Å². The molecule has 0 bridgehead atoms. The second-order valence-electron chi connectivity index (χ2n) is 4.96. The van der Waals surface area contributed by atoms with E-state index in [2.05, 4.69) is 31.9 Å². The lowest BCUT2D eigenvalue weighted by Crippen LogP contribution is -2.26. The number of rotatable bonds is 5. The highest BCUT2D eigenvalue weighted by Crippen LogP contribution is 2.27. The molecule has 23 heavy (non-hydrogen) atoms. The highest BCUT2D eigenvalue weighted by Gasteiger charge is 2.17. The van der Waals surface area contributed by atoms with Crippen molar-refractivity contribution in [2.75, 3.05) is 21.3 Å². The SMILES string of the molecule is COc1ccc(Br)c(C(=O)N(C)Cc2cc(Br)ccc2OC)c1. The fourth-order valence-corrected chi connectivity index (χ4v) is 3.02. The van der Waals surface area contributed by atoms with Crippen molar-refractivity contribution < 1.29 is 14.3 Å². The van der Waals surface area contributed by atoms with E-state index in [0.717, 1.165) is 20.3 Å². The molecule has 0 fully saturated rings. The minimum absolute atomic E-state index is 0.0993. The van der Waals surface area contributed by atoms with Crippen molar-refractivity contribution in [1.29, 1.82) is 0 Å². The molecule has 0 saturated heterocycles. The highest BCUT2D eigenvalue weighted by atomic mass is 79.9. The molecular formula is C17H17Br2NO3. The van der Waals surface area contributed by atoms with Crippen molar-refractivity contribution in [2.45, 2.75) is 6.54 Å². The van der Waals surface area contributed by atoms with Gasteiger partial charge in [0.25, 0.3) is 5.91 Å². The molecule has 0 atom stereocenters. The number of benzene rings is 2. The van der Waals surface area contributed by atoms with Crippen LogP contribution in [0.3, 0.4) is 0 Å². The Balaban J connectivity index is 2.25. The van der Waals surface area contributed by atoms with Crippen LogP contribution in [0.25, 0.3) is 0 Å². The summed E-state index contributed by atoms with van der Waals surface area (Å²) in [4.78, 5) is 14.4. The Hall–Kier alpha value is -1.53. The van der Waals surface area contributed by atoms with Crippen molar-refractivity contribution in [1.82, 2.24) is 4.90 Å². The summed E-state index contributed by atoms with van der Waals surface area (Å²) in [5.41, 5.74) is 1.48. The quantitative estimate of drug-likeness (QED) is 0.684. The molecule has 0 aliphatic heterocycles. The third-order valence-corrected chi connectivity index (χ3v) is 4.59. The largest absolute Gasteiger partial charge is 0.497 e. The zero-order valence-electron chi connectivity index (χ0n) is 13.1. The van der Waals surface area contributed by atoms with E-state index < -0.39 is 0 Å². The van der Waals surface area contributed by atoms with Gasteiger partial charge in [-0.3, -0.25) is 4.79 Å². The van der Waals surface area contributed by atoms with Gasteiger partial charge in [0.15, 0.2) is 0 Å². The van der Waals surface area contributed by atoms with Crippen LogP contribution >= 0.6 is 31.9 Å². The Labute approximate surface area is 152 Å². The lowest BCUT2D eigenvalue weighted by atomic mass is 10.1. The van der Waals surface area contributed by atoms with Crippen LogP contribution in [0.2, 0.25) is 0 Å². The molecule has 2 aromatic carbocycles. The first-order valence-electron chi connectivity index (χ1n) is 6.87. The summed E-state index contributed by atoms with van der Waals surface area (Å²) in [7, 11) is 4.95. The maximum Gasteiger partial charge on any atom is 0.255 e. The average Bonchev–Trinajstić information content (AvgIpc) is 2.55. The predicted molar refractivity (Wildman–Crippen MR) is 97.2 cm³/mol. The fraction of sp³-hybridized carbons (Fsp3) is 0.235. The van der Waals surface area contributed by atoms with Crippen LogP contribution in [0.4, 0.5) is 0 Å². The third-order valence-electron chi connectivity index (χ3n) is 3.40. The number of carbonyl (C=O) groups is 1. The van der Waals surface area contributed by atoms with Gasteiger partial charge in [0.2, 0.25) is 0 Å². The summed E-state index contributed by atoms with van der Waals surface area (Å²) >= 11 is 6.86. The molecule has 0 N–H and O–H groups in total. The van der Waals surface area contributed by atoms with Gasteiger partial charge in [-0.05, 0) is 52.3 Å². The fourth-order valence-electron chi connectivity index (χ4n) is 2.20. The first kappa shape index (κ1) is 17.8. The molecule has 0 aliphatic carbocycles. The number of amides is 1. The van der Waals surface area contributed by atoms with Crippen molar-refractivity contribution in [3.8, 4) is 11.5 Å². The summed E-state index contributed by atoms with van der Waals surface area (Å²) in [6, 6.07) is 11.1. The number of carbonyl (C=O) groups excluding carboxylic acids is 1. The third kappa shape index (κ3) is 4.26. The molecular weight excluding hydrogens is 426 g/mol. The molecule has 2 aromatic rings. The number of ether oxygens (including phenoxy) is 2. The number of hydrogen-bond acceptors (Lipinski definition) is 3. The van der Waals surface area contributed by atoms with Crippen LogP contribution in [0.15, 0.2) is 45.3 Å². The van der Waals surface area contributed by atoms with Crippen LogP contribution in [0, 0.1) is 0 Å². The Morgan fingerprint density at radius 3 is 2.48 bits per heavy atom. The molecule has 0 radical (unpaired) electrons. The maximum atomic E-state index is 12.7. The molecule has 0 heterocycles. The van der Waals surface area contributed by atoms with Crippen LogP contribution in [0.5, 0.6) is 11.5 Å². The summed E-state index contributed by atoms with van der Waals surface area (Å²) < 4.78 is 12.2. The summed E-state index contributed by atoms with van der Waals surface area (Å²) in [6.45, 7) is 0.436. The summed E-state index contributed by atoms with van der Waals surface area (Å²) in [5.74, 6) is 1.29. The van der Waals surface area contributed by atoms with Crippen LogP contribution < -0.4 is 9.47 Å². The summed E-state index contributed by atoms with van der Waals surface area (Å²) in [5, 5.41) is 0. The number of nitrogens with zero attached hydrogens (tertiary/aromatic N) is 1. The van der Waals surface area contributed by atoms with E-state index in [1.807, 2.05) is 18.2 Å². The predicted octanol–water partition coefficient (Wildman–Crippen LogP) is 4.50. The van der Waals surface area contributed by atoms with Gasteiger partial charge in [0, 0.05) is 28.1 Å². The Kier molecular flexibility index (Phi) is 6.07. The van der Waals surface area contributed by atoms with Crippen LogP contribution in [-0.2, 0) is 6.54 Å². The molecule has 2 rings (SSSR count). The Morgan fingerprint density at radius 2 is 1.83 bits per heavy atom. The van der Waals surface area contributed by atoms with E-state index in [1.165, 1.54) is 0 Å². The first-order valence-corrected chi connectivity index (χ1v) is 8.46. The van der Waals surface area contributed by atoms with E-state index in [-0.39, 0.29) is 5.91 Å². The van der Waals surface area contributed by atoms with Gasteiger partial charge >= 0.3 is 0 Å². The molecule has 6 heteroatoms. The van der Waals surface area contributed by atoms with E-state index in [0.29, 0.717) is 17.9 Å². The number of hydrogen-bond donors (Lipinski definition) is 0. The topological polar surface area (TPSA) is 38.8 Å². The second-order valence-corrected chi connectivity index (χ2v) is 6.73. The number of methoxy groups -OCH3 is 2.